The summed E-state index contributed by atoms with van der Waals surface area (Å²) in [7, 11) is 0. The van der Waals surface area contributed by atoms with E-state index in [9.17, 15) is 4.79 Å². The largest absolute Gasteiger partial charge is 0.289 e. The van der Waals surface area contributed by atoms with E-state index >= 15 is 0 Å². The number of carbonyl (C=O) groups is 1. The van der Waals surface area contributed by atoms with E-state index in [1.54, 1.807) is 6.08 Å². The van der Waals surface area contributed by atoms with Gasteiger partial charge in [0.2, 0.25) is 0 Å². The summed E-state index contributed by atoms with van der Waals surface area (Å²) in [5.74, 6) is 0.121. The Morgan fingerprint density at radius 2 is 1.73 bits per heavy atom. The summed E-state index contributed by atoms with van der Waals surface area (Å²) in [6, 6.07) is 7.60. The third-order valence-electron chi connectivity index (χ3n) is 1.64. The molecule has 0 bridgehead atoms. The summed E-state index contributed by atoms with van der Waals surface area (Å²) in [5.41, 5.74) is 1.86. The van der Waals surface area contributed by atoms with Crippen LogP contribution in [0.3, 0.4) is 0 Å². The van der Waals surface area contributed by atoms with Crippen LogP contribution in [0, 0.1) is 0 Å². The SMILES string of the molecule is Cl.O=C1C=Cc2ccccc21. The second-order valence-electron chi connectivity index (χ2n) is 2.28. The van der Waals surface area contributed by atoms with E-state index in [0.29, 0.717) is 0 Å². The van der Waals surface area contributed by atoms with Gasteiger partial charge in [0.1, 0.15) is 0 Å². The maximum absolute atomic E-state index is 11.0. The number of hydrogen-bond acceptors (Lipinski definition) is 1. The van der Waals surface area contributed by atoms with Gasteiger partial charge in [-0.1, -0.05) is 30.3 Å². The fourth-order valence-corrected chi connectivity index (χ4v) is 1.12. The summed E-state index contributed by atoms with van der Waals surface area (Å²) >= 11 is 0. The van der Waals surface area contributed by atoms with Crippen molar-refractivity contribution in [3.8, 4) is 0 Å². The van der Waals surface area contributed by atoms with Gasteiger partial charge in [-0.2, -0.15) is 0 Å². The highest BCUT2D eigenvalue weighted by Gasteiger charge is 2.10. The lowest BCUT2D eigenvalue weighted by atomic mass is 10.1. The van der Waals surface area contributed by atoms with Crippen LogP contribution in [0.1, 0.15) is 15.9 Å². The van der Waals surface area contributed by atoms with Crippen molar-refractivity contribution in [3.63, 3.8) is 0 Å². The molecule has 11 heavy (non-hydrogen) atoms. The summed E-state index contributed by atoms with van der Waals surface area (Å²) < 4.78 is 0. The first-order chi connectivity index (χ1) is 4.88. The zero-order chi connectivity index (χ0) is 6.97. The first-order valence-electron chi connectivity index (χ1n) is 3.19. The second kappa shape index (κ2) is 2.89. The number of ketones is 1. The number of fused-ring (bicyclic) bond motifs is 1. The molecular formula is C9H7ClO. The smallest absolute Gasteiger partial charge is 0.186 e. The molecule has 56 valence electrons. The fourth-order valence-electron chi connectivity index (χ4n) is 1.12. The molecule has 0 aliphatic heterocycles. The molecule has 0 N–H and O–H groups in total. The van der Waals surface area contributed by atoms with Crippen LogP contribution in [0.5, 0.6) is 0 Å². The van der Waals surface area contributed by atoms with Gasteiger partial charge in [0, 0.05) is 5.56 Å². The Labute approximate surface area is 71.1 Å². The van der Waals surface area contributed by atoms with E-state index in [2.05, 4.69) is 0 Å². The lowest BCUT2D eigenvalue weighted by Crippen LogP contribution is -1.89. The number of hydrogen-bond donors (Lipinski definition) is 0. The average Bonchev–Trinajstić information content (AvgIpc) is 2.34. The highest BCUT2D eigenvalue weighted by atomic mass is 35.5. The van der Waals surface area contributed by atoms with Gasteiger partial charge in [-0.05, 0) is 11.6 Å². The molecule has 1 nitrogen and oxygen atoms in total. The number of rotatable bonds is 0. The molecular weight excluding hydrogens is 160 g/mol. The van der Waals surface area contributed by atoms with Crippen molar-refractivity contribution in [2.75, 3.05) is 0 Å². The van der Waals surface area contributed by atoms with Gasteiger partial charge in [0.05, 0.1) is 0 Å². The minimum absolute atomic E-state index is 0. The van der Waals surface area contributed by atoms with Crippen molar-refractivity contribution in [2.45, 2.75) is 0 Å². The van der Waals surface area contributed by atoms with E-state index in [1.807, 2.05) is 30.3 Å². The molecule has 2 rings (SSSR count). The summed E-state index contributed by atoms with van der Waals surface area (Å²) in [5, 5.41) is 0. The molecule has 0 aromatic heterocycles. The molecule has 2 heteroatoms. The van der Waals surface area contributed by atoms with Crippen LogP contribution in [-0.2, 0) is 0 Å². The zero-order valence-electron chi connectivity index (χ0n) is 5.78. The Balaban J connectivity index is 0.000000605. The first kappa shape index (κ1) is 8.02. The molecule has 0 amide bonds. The normalized spacial score (nSPS) is 12.5. The standard InChI is InChI=1S/C9H6O.ClH/c10-9-6-5-7-3-1-2-4-8(7)9;/h1-6H;1H. The molecule has 0 saturated carbocycles. The van der Waals surface area contributed by atoms with Gasteiger partial charge in [-0.3, -0.25) is 4.79 Å². The molecule has 0 saturated heterocycles. The van der Waals surface area contributed by atoms with Crippen molar-refractivity contribution in [2.24, 2.45) is 0 Å². The predicted molar refractivity (Wildman–Crippen MR) is 47.1 cm³/mol. The topological polar surface area (TPSA) is 17.1 Å². The van der Waals surface area contributed by atoms with Crippen molar-refractivity contribution >= 4 is 24.3 Å². The van der Waals surface area contributed by atoms with Crippen LogP contribution in [0.4, 0.5) is 0 Å². The summed E-state index contributed by atoms with van der Waals surface area (Å²) in [4.78, 5) is 11.0. The van der Waals surface area contributed by atoms with E-state index in [1.165, 1.54) is 0 Å². The monoisotopic (exact) mass is 166 g/mol. The Morgan fingerprint density at radius 3 is 2.45 bits per heavy atom. The van der Waals surface area contributed by atoms with Gasteiger partial charge in [-0.25, -0.2) is 0 Å². The number of benzene rings is 1. The van der Waals surface area contributed by atoms with Crippen LogP contribution >= 0.6 is 12.4 Å². The van der Waals surface area contributed by atoms with E-state index in [4.69, 9.17) is 0 Å². The number of carbonyl (C=O) groups excluding carboxylic acids is 1. The minimum atomic E-state index is 0. The highest BCUT2D eigenvalue weighted by molar-refractivity contribution is 6.13. The first-order valence-corrected chi connectivity index (χ1v) is 3.19. The number of halogens is 1. The van der Waals surface area contributed by atoms with Crippen LogP contribution < -0.4 is 0 Å². The third-order valence-corrected chi connectivity index (χ3v) is 1.64. The Kier molecular flexibility index (Phi) is 2.11. The van der Waals surface area contributed by atoms with Crippen LogP contribution in [0.2, 0.25) is 0 Å². The Bertz CT molecular complexity index is 315. The molecule has 1 aliphatic carbocycles. The lowest BCUT2D eigenvalue weighted by molar-refractivity contribution is 0.105. The fraction of sp³-hybridized carbons (Fsp3) is 0. The van der Waals surface area contributed by atoms with E-state index in [-0.39, 0.29) is 18.2 Å². The van der Waals surface area contributed by atoms with Crippen LogP contribution in [-0.4, -0.2) is 5.78 Å². The molecule has 0 spiro atoms. The summed E-state index contributed by atoms with van der Waals surface area (Å²) in [6.45, 7) is 0. The predicted octanol–water partition coefficient (Wildman–Crippen LogP) is 2.32. The minimum Gasteiger partial charge on any atom is -0.289 e. The quantitative estimate of drug-likeness (QED) is 0.578. The van der Waals surface area contributed by atoms with Gasteiger partial charge in [0.15, 0.2) is 5.78 Å². The molecule has 1 aliphatic rings. The van der Waals surface area contributed by atoms with E-state index < -0.39 is 0 Å². The van der Waals surface area contributed by atoms with Gasteiger partial charge in [-0.15, -0.1) is 12.4 Å². The third kappa shape index (κ3) is 1.19. The highest BCUT2D eigenvalue weighted by Crippen LogP contribution is 2.17. The Hall–Kier alpha value is -1.08. The zero-order valence-corrected chi connectivity index (χ0v) is 6.60. The maximum Gasteiger partial charge on any atom is 0.186 e. The van der Waals surface area contributed by atoms with Crippen molar-refractivity contribution in [1.29, 1.82) is 0 Å². The van der Waals surface area contributed by atoms with Gasteiger partial charge >= 0.3 is 0 Å². The molecule has 0 heterocycles. The Morgan fingerprint density at radius 1 is 1.00 bits per heavy atom. The summed E-state index contributed by atoms with van der Waals surface area (Å²) in [6.07, 6.45) is 3.45. The molecule has 1 aromatic carbocycles. The lowest BCUT2D eigenvalue weighted by Gasteiger charge is -1.92. The molecule has 0 fully saturated rings. The average molecular weight is 167 g/mol. The van der Waals surface area contributed by atoms with Crippen LogP contribution in [0.15, 0.2) is 30.3 Å². The maximum atomic E-state index is 11.0. The van der Waals surface area contributed by atoms with Crippen molar-refractivity contribution < 1.29 is 4.79 Å². The van der Waals surface area contributed by atoms with E-state index in [0.717, 1.165) is 11.1 Å². The molecule has 1 aromatic rings. The molecule has 0 unspecified atom stereocenters. The van der Waals surface area contributed by atoms with Gasteiger partial charge in [0.25, 0.3) is 0 Å². The molecule has 0 radical (unpaired) electrons. The van der Waals surface area contributed by atoms with Crippen molar-refractivity contribution in [1.82, 2.24) is 0 Å². The van der Waals surface area contributed by atoms with Crippen LogP contribution in [0.25, 0.3) is 6.08 Å². The molecule has 0 atom stereocenters. The second-order valence-corrected chi connectivity index (χ2v) is 2.28. The van der Waals surface area contributed by atoms with Crippen molar-refractivity contribution in [3.05, 3.63) is 41.5 Å². The number of allylic oxidation sites excluding steroid dienone is 1. The van der Waals surface area contributed by atoms with Gasteiger partial charge < -0.3 is 0 Å².